The van der Waals surface area contributed by atoms with Gasteiger partial charge in [-0.25, -0.2) is 4.79 Å². The normalized spacial score (nSPS) is 25.2. The van der Waals surface area contributed by atoms with Gasteiger partial charge in [0.2, 0.25) is 53.2 Å². The highest BCUT2D eigenvalue weighted by molar-refractivity contribution is 7.79. The van der Waals surface area contributed by atoms with E-state index in [-0.39, 0.29) is 73.9 Å². The molecule has 0 aromatic heterocycles. The first kappa shape index (κ1) is 85.9. The fraction of sp³-hybridized carbons (Fsp3) is 0.718. The number of nitrogens with one attached hydrogen (secondary N) is 4. The highest BCUT2D eigenvalue weighted by Gasteiger charge is 2.46. The summed E-state index contributed by atoms with van der Waals surface area (Å²) in [5, 5.41) is 23.1. The number of para-hydroxylation sites is 1. The van der Waals surface area contributed by atoms with Crippen molar-refractivity contribution >= 4 is 82.5 Å². The number of amides is 10. The van der Waals surface area contributed by atoms with Crippen molar-refractivity contribution in [1.29, 1.82) is 0 Å². The van der Waals surface area contributed by atoms with Gasteiger partial charge in [-0.1, -0.05) is 134 Å². The number of thiocarbonyl (C=S) groups is 1. The molecular weight excluding hydrogens is 1260 g/mol. The molecule has 1 aliphatic heterocycles. The van der Waals surface area contributed by atoms with Crippen LogP contribution in [0.25, 0.3) is 0 Å². The summed E-state index contributed by atoms with van der Waals surface area (Å²) < 4.78 is 17.7. The predicted molar refractivity (Wildman–Crippen MR) is 375 cm³/mol. The van der Waals surface area contributed by atoms with E-state index in [1.807, 2.05) is 69.2 Å². The van der Waals surface area contributed by atoms with Crippen LogP contribution in [0.2, 0.25) is 0 Å². The maximum absolute atomic E-state index is 15.4. The molecule has 10 amide bonds. The van der Waals surface area contributed by atoms with E-state index in [0.717, 1.165) is 9.80 Å². The molecule has 1 unspecified atom stereocenters. The fourth-order valence-electron chi connectivity index (χ4n) is 11.6. The zero-order chi connectivity index (χ0) is 74.4. The van der Waals surface area contributed by atoms with E-state index in [1.54, 1.807) is 84.0 Å². The first-order valence-electron chi connectivity index (χ1n) is 34.2. The third-order valence-corrected chi connectivity index (χ3v) is 17.5. The Balaban J connectivity index is 3.14. The summed E-state index contributed by atoms with van der Waals surface area (Å²) in [6, 6.07) is -4.05. The molecule has 1 heterocycles. The number of carbonyl (C=O) groups is 11. The van der Waals surface area contributed by atoms with Crippen molar-refractivity contribution in [3.8, 4) is 5.75 Å². The van der Waals surface area contributed by atoms with Crippen LogP contribution >= 0.6 is 12.2 Å². The molecule has 0 aliphatic carbocycles. The standard InChI is InChI=1S/C71H118N10O15S/c1-25-26-30-46(16)59(83)58-64(87)75-56(48(18)94-71(97)95-49-31-28-27-29-32-49)67(90)76(19)38-55(82)77(20)52(35-41(6)7)62(85)73-50(33-39(2)3)65(88)78(21)53(36-42(8)9)61(84)72-47(17)70(93)96-60(45(14)15)69(92)79(22)54(37-43(10)11)63(86)74-51(34-40(4)5)66(89)80(23)57(44(12)13)68(91)81(58)24/h25-29,31-32,39-48,50-54,56-60,83H,30,33-38H2,1-24H3,(H,72,84)(H,73,85)(H,74,86)(H,75,87)/t46-,47-,48?,50-,51-,52+,53-,54-,56-,57-,58-,59-,60+/m1/s1. The largest absolute Gasteiger partial charge is 0.451 e. The van der Waals surface area contributed by atoms with E-state index >= 15 is 19.2 Å². The molecule has 2 rings (SSSR count). The minimum atomic E-state index is -1.78. The number of aliphatic hydroxyl groups is 1. The molecule has 1 fully saturated rings. The van der Waals surface area contributed by atoms with E-state index in [0.29, 0.717) is 0 Å². The summed E-state index contributed by atoms with van der Waals surface area (Å²) >= 11 is 5.50. The van der Waals surface area contributed by atoms with Gasteiger partial charge in [-0.05, 0) is 119 Å². The first-order chi connectivity index (χ1) is 45.0. The van der Waals surface area contributed by atoms with Gasteiger partial charge in [0.25, 0.3) is 5.91 Å². The molecule has 548 valence electrons. The van der Waals surface area contributed by atoms with Crippen molar-refractivity contribution in [2.45, 2.75) is 236 Å². The van der Waals surface area contributed by atoms with Gasteiger partial charge in [-0.2, -0.15) is 0 Å². The van der Waals surface area contributed by atoms with Gasteiger partial charge in [0.1, 0.15) is 66.2 Å². The number of nitrogens with zero attached hydrogens (tertiary/aromatic N) is 6. The summed E-state index contributed by atoms with van der Waals surface area (Å²) in [6.07, 6.45) is -0.269. The number of allylic oxidation sites excluding steroid dienone is 2. The van der Waals surface area contributed by atoms with E-state index < -0.39 is 167 Å². The molecule has 0 saturated carbocycles. The van der Waals surface area contributed by atoms with E-state index in [9.17, 15) is 38.7 Å². The summed E-state index contributed by atoms with van der Waals surface area (Å²) in [6.45, 7) is 30.7. The number of aliphatic hydroxyl groups excluding tert-OH is 1. The van der Waals surface area contributed by atoms with Gasteiger partial charge in [-0.15, -0.1) is 0 Å². The number of carbonyl (C=O) groups excluding carboxylic acids is 11. The lowest BCUT2D eigenvalue weighted by atomic mass is 9.91. The van der Waals surface area contributed by atoms with E-state index in [1.165, 1.54) is 75.7 Å². The third kappa shape index (κ3) is 25.9. The molecule has 1 saturated heterocycles. The second kappa shape index (κ2) is 40.0. The van der Waals surface area contributed by atoms with Crippen molar-refractivity contribution in [3.63, 3.8) is 0 Å². The Hall–Kier alpha value is -7.22. The number of esters is 1. The van der Waals surface area contributed by atoms with Crippen LogP contribution in [0.1, 0.15) is 163 Å². The van der Waals surface area contributed by atoms with Gasteiger partial charge < -0.3 is 70.0 Å². The summed E-state index contributed by atoms with van der Waals surface area (Å²) in [5.74, 6) is -11.5. The Labute approximate surface area is 582 Å². The molecular formula is C71H118N10O15S. The Kier molecular flexibility index (Phi) is 35.4. The molecule has 0 radical (unpaired) electrons. The summed E-state index contributed by atoms with van der Waals surface area (Å²) in [4.78, 5) is 171. The number of cyclic esters (lactones) is 1. The van der Waals surface area contributed by atoms with Crippen molar-refractivity contribution in [3.05, 3.63) is 42.5 Å². The lowest BCUT2D eigenvalue weighted by Gasteiger charge is -2.40. The number of benzene rings is 1. The fourth-order valence-corrected chi connectivity index (χ4v) is 11.9. The zero-order valence-corrected chi connectivity index (χ0v) is 63.1. The molecule has 97 heavy (non-hydrogen) atoms. The second-order valence-corrected chi connectivity index (χ2v) is 29.4. The summed E-state index contributed by atoms with van der Waals surface area (Å²) in [7, 11) is 8.18. The van der Waals surface area contributed by atoms with E-state index in [4.69, 9.17) is 26.4 Å². The molecule has 25 nitrogen and oxygen atoms in total. The minimum absolute atomic E-state index is 0.0672. The minimum Gasteiger partial charge on any atom is -0.451 e. The number of ether oxygens (including phenoxy) is 3. The molecule has 1 aromatic carbocycles. The molecule has 26 heteroatoms. The van der Waals surface area contributed by atoms with Crippen molar-refractivity contribution in [1.82, 2.24) is 50.7 Å². The molecule has 1 aromatic rings. The second-order valence-electron chi connectivity index (χ2n) is 29.0. The number of likely N-dealkylation sites (N-methyl/N-ethyl adjacent to an activating group) is 6. The van der Waals surface area contributed by atoms with Crippen LogP contribution in [0.15, 0.2) is 42.5 Å². The lowest BCUT2D eigenvalue weighted by Crippen LogP contribution is -2.64. The maximum Gasteiger partial charge on any atom is 0.358 e. The molecule has 1 aliphatic rings. The van der Waals surface area contributed by atoms with Crippen molar-refractivity contribution in [2.24, 2.45) is 47.3 Å². The Morgan fingerprint density at radius 1 is 0.546 bits per heavy atom. The Morgan fingerprint density at radius 3 is 1.42 bits per heavy atom. The first-order valence-corrected chi connectivity index (χ1v) is 34.6. The van der Waals surface area contributed by atoms with Crippen LogP contribution in [0.4, 0.5) is 0 Å². The average molecular weight is 1380 g/mol. The van der Waals surface area contributed by atoms with Gasteiger partial charge in [0, 0.05) is 54.5 Å². The predicted octanol–water partition coefficient (Wildman–Crippen LogP) is 5.74. The van der Waals surface area contributed by atoms with Crippen LogP contribution in [0.3, 0.4) is 0 Å². The SMILES string of the molecule is CC=CC[C@@H](C)[C@@H](O)[C@@H]1C(=O)N[C@H](C(C)OC(=S)Oc2ccccc2)C(=O)N(C)CC(=O)N(C)[C@@H](CC(C)C)C(=O)N[C@H](CC(C)C)C(=O)N(C)[C@H](CC(C)C)C(=O)N[C@H](C)C(=O)O[C@@H](C(C)C)C(=O)N(C)[C@H](CC(C)C)C(=O)N[C@H](CC(C)C)C(=O)N(C)[C@H](C(C)C)C(=O)N1C. The Morgan fingerprint density at radius 2 is 0.979 bits per heavy atom. The highest BCUT2D eigenvalue weighted by Crippen LogP contribution is 2.26. The number of hydrogen-bond donors (Lipinski definition) is 5. The van der Waals surface area contributed by atoms with Crippen LogP contribution in [0.5, 0.6) is 5.75 Å². The van der Waals surface area contributed by atoms with E-state index in [2.05, 4.69) is 21.3 Å². The molecule has 13 atom stereocenters. The van der Waals surface area contributed by atoms with Crippen molar-refractivity contribution in [2.75, 3.05) is 48.8 Å². The molecule has 5 N–H and O–H groups in total. The number of hydrogen-bond acceptors (Lipinski definition) is 16. The van der Waals surface area contributed by atoms with Gasteiger partial charge >= 0.3 is 11.2 Å². The molecule has 0 spiro atoms. The van der Waals surface area contributed by atoms with Crippen LogP contribution in [-0.2, 0) is 62.2 Å². The van der Waals surface area contributed by atoms with Crippen LogP contribution in [0, 0.1) is 47.3 Å². The van der Waals surface area contributed by atoms with Crippen LogP contribution in [-0.4, -0.2) is 226 Å². The lowest BCUT2D eigenvalue weighted by molar-refractivity contribution is -0.166. The Bertz CT molecular complexity index is 2850. The third-order valence-electron chi connectivity index (χ3n) is 17.3. The van der Waals surface area contributed by atoms with Crippen LogP contribution < -0.4 is 26.0 Å². The quantitative estimate of drug-likeness (QED) is 0.0627. The molecule has 0 bridgehead atoms. The van der Waals surface area contributed by atoms with Crippen molar-refractivity contribution < 1.29 is 72.1 Å². The van der Waals surface area contributed by atoms with Gasteiger partial charge in [-0.3, -0.25) is 47.9 Å². The smallest absolute Gasteiger partial charge is 0.358 e. The summed E-state index contributed by atoms with van der Waals surface area (Å²) in [5.41, 5.74) is 0. The monoisotopic (exact) mass is 1380 g/mol. The van der Waals surface area contributed by atoms with Gasteiger partial charge in [0.15, 0.2) is 6.10 Å². The average Bonchev–Trinajstić information content (AvgIpc) is 0.810. The number of rotatable bonds is 19. The highest BCUT2D eigenvalue weighted by atomic mass is 32.1. The topological polar surface area (TPSA) is 303 Å². The zero-order valence-electron chi connectivity index (χ0n) is 62.3. The maximum atomic E-state index is 15.4. The van der Waals surface area contributed by atoms with Gasteiger partial charge in [0.05, 0.1) is 12.6 Å².